The highest BCUT2D eigenvalue weighted by Gasteiger charge is 2.19. The second kappa shape index (κ2) is 4.06. The fourth-order valence-electron chi connectivity index (χ4n) is 1.40. The monoisotopic (exact) mass is 213 g/mol. The minimum absolute atomic E-state index is 0.244. The van der Waals surface area contributed by atoms with E-state index in [1.165, 1.54) is 6.33 Å². The number of hydrogen-bond donors (Lipinski definition) is 1. The van der Waals surface area contributed by atoms with Gasteiger partial charge in [-0.05, 0) is 11.6 Å². The van der Waals surface area contributed by atoms with Gasteiger partial charge in [-0.3, -0.25) is 0 Å². The molecule has 0 aromatic carbocycles. The Morgan fingerprint density at radius 2 is 2.36 bits per heavy atom. The van der Waals surface area contributed by atoms with Crippen LogP contribution in [0.2, 0.25) is 5.28 Å². The highest BCUT2D eigenvalue weighted by Crippen LogP contribution is 2.11. The zero-order valence-corrected chi connectivity index (χ0v) is 8.70. The zero-order chi connectivity index (χ0) is 9.97. The van der Waals surface area contributed by atoms with Gasteiger partial charge in [-0.2, -0.15) is 4.98 Å². The van der Waals surface area contributed by atoms with Crippen LogP contribution in [0.5, 0.6) is 0 Å². The van der Waals surface area contributed by atoms with Gasteiger partial charge in [0.15, 0.2) is 0 Å². The van der Waals surface area contributed by atoms with Crippen LogP contribution in [0.1, 0.15) is 0 Å². The Balaban J connectivity index is 1.98. The Hall–Kier alpha value is -0.940. The van der Waals surface area contributed by atoms with Crippen LogP contribution in [-0.2, 0) is 0 Å². The molecule has 0 bridgehead atoms. The van der Waals surface area contributed by atoms with Crippen molar-refractivity contribution in [3.8, 4) is 0 Å². The standard InChI is InChI=1S/C8H12ClN5/c1-14(4-6-2-10-3-6)8-12-5-11-7(9)13-8/h5-6,10H,2-4H2,1H3. The van der Waals surface area contributed by atoms with E-state index < -0.39 is 0 Å². The van der Waals surface area contributed by atoms with Gasteiger partial charge < -0.3 is 10.2 Å². The predicted octanol–water partition coefficient (Wildman–Crippen LogP) is 0.181. The van der Waals surface area contributed by atoms with E-state index in [0.717, 1.165) is 19.6 Å². The molecule has 1 aromatic heterocycles. The van der Waals surface area contributed by atoms with E-state index in [4.69, 9.17) is 11.6 Å². The number of aromatic nitrogens is 3. The SMILES string of the molecule is CN(CC1CNC1)c1ncnc(Cl)n1. The van der Waals surface area contributed by atoms with Crippen molar-refractivity contribution in [1.29, 1.82) is 0 Å². The molecule has 2 heterocycles. The lowest BCUT2D eigenvalue weighted by atomic mass is 10.0. The Morgan fingerprint density at radius 3 is 2.93 bits per heavy atom. The van der Waals surface area contributed by atoms with Crippen LogP contribution in [0, 0.1) is 5.92 Å². The van der Waals surface area contributed by atoms with E-state index in [9.17, 15) is 0 Å². The van der Waals surface area contributed by atoms with Gasteiger partial charge in [0, 0.05) is 32.6 Å². The second-order valence-corrected chi connectivity index (χ2v) is 3.80. The van der Waals surface area contributed by atoms with Crippen molar-refractivity contribution in [1.82, 2.24) is 20.3 Å². The fourth-order valence-corrected chi connectivity index (χ4v) is 1.52. The number of rotatable bonds is 3. The van der Waals surface area contributed by atoms with Gasteiger partial charge in [-0.15, -0.1) is 0 Å². The summed E-state index contributed by atoms with van der Waals surface area (Å²) in [6, 6.07) is 0. The van der Waals surface area contributed by atoms with Crippen molar-refractivity contribution >= 4 is 17.5 Å². The van der Waals surface area contributed by atoms with Crippen molar-refractivity contribution in [3.63, 3.8) is 0 Å². The molecule has 1 aliphatic rings. The zero-order valence-electron chi connectivity index (χ0n) is 7.94. The maximum absolute atomic E-state index is 5.67. The molecule has 1 N–H and O–H groups in total. The maximum atomic E-state index is 5.67. The van der Waals surface area contributed by atoms with Crippen molar-refractivity contribution < 1.29 is 0 Å². The van der Waals surface area contributed by atoms with Crippen LogP contribution in [0.4, 0.5) is 5.95 Å². The molecule has 6 heteroatoms. The average molecular weight is 214 g/mol. The molecule has 14 heavy (non-hydrogen) atoms. The molecule has 1 fully saturated rings. The molecule has 0 amide bonds. The van der Waals surface area contributed by atoms with E-state index in [-0.39, 0.29) is 5.28 Å². The first-order valence-corrected chi connectivity index (χ1v) is 4.90. The maximum Gasteiger partial charge on any atom is 0.229 e. The molecule has 0 radical (unpaired) electrons. The third-order valence-corrected chi connectivity index (χ3v) is 2.45. The largest absolute Gasteiger partial charge is 0.343 e. The Kier molecular flexibility index (Phi) is 2.79. The number of nitrogens with one attached hydrogen (secondary N) is 1. The molecule has 5 nitrogen and oxygen atoms in total. The summed E-state index contributed by atoms with van der Waals surface area (Å²) < 4.78 is 0. The average Bonchev–Trinajstić information content (AvgIpc) is 2.11. The Morgan fingerprint density at radius 1 is 1.57 bits per heavy atom. The molecule has 1 saturated heterocycles. The van der Waals surface area contributed by atoms with Crippen LogP contribution in [0.3, 0.4) is 0 Å². The highest BCUT2D eigenvalue weighted by molar-refractivity contribution is 6.28. The summed E-state index contributed by atoms with van der Waals surface area (Å²) in [7, 11) is 1.96. The molecule has 0 saturated carbocycles. The van der Waals surface area contributed by atoms with E-state index in [1.807, 2.05) is 11.9 Å². The van der Waals surface area contributed by atoms with Gasteiger partial charge in [0.05, 0.1) is 0 Å². The van der Waals surface area contributed by atoms with Crippen LogP contribution < -0.4 is 10.2 Å². The quantitative estimate of drug-likeness (QED) is 0.777. The predicted molar refractivity (Wildman–Crippen MR) is 54.5 cm³/mol. The molecule has 0 spiro atoms. The molecule has 1 aliphatic heterocycles. The molecule has 0 atom stereocenters. The van der Waals surface area contributed by atoms with Gasteiger partial charge in [0.25, 0.3) is 0 Å². The Bertz CT molecular complexity index is 314. The summed E-state index contributed by atoms with van der Waals surface area (Å²) in [5, 5.41) is 3.47. The van der Waals surface area contributed by atoms with E-state index in [2.05, 4.69) is 20.3 Å². The summed E-state index contributed by atoms with van der Waals surface area (Å²) in [5.41, 5.74) is 0. The molecule has 2 rings (SSSR count). The van der Waals surface area contributed by atoms with Crippen molar-refractivity contribution in [2.45, 2.75) is 0 Å². The minimum atomic E-state index is 0.244. The van der Waals surface area contributed by atoms with Gasteiger partial charge in [-0.25, -0.2) is 9.97 Å². The smallest absolute Gasteiger partial charge is 0.229 e. The molecular formula is C8H12ClN5. The van der Waals surface area contributed by atoms with E-state index >= 15 is 0 Å². The van der Waals surface area contributed by atoms with Crippen molar-refractivity contribution in [2.24, 2.45) is 5.92 Å². The molecule has 0 unspecified atom stereocenters. The lowest BCUT2D eigenvalue weighted by Crippen LogP contribution is -2.47. The van der Waals surface area contributed by atoms with Gasteiger partial charge in [0.2, 0.25) is 11.2 Å². The summed E-state index contributed by atoms with van der Waals surface area (Å²) in [6.45, 7) is 3.10. The van der Waals surface area contributed by atoms with Gasteiger partial charge >= 0.3 is 0 Å². The highest BCUT2D eigenvalue weighted by atomic mass is 35.5. The number of anilines is 1. The van der Waals surface area contributed by atoms with E-state index in [1.54, 1.807) is 0 Å². The first-order chi connectivity index (χ1) is 6.75. The summed E-state index contributed by atoms with van der Waals surface area (Å²) >= 11 is 5.67. The van der Waals surface area contributed by atoms with Crippen LogP contribution in [-0.4, -0.2) is 41.6 Å². The Labute approximate surface area is 87.5 Å². The van der Waals surface area contributed by atoms with E-state index in [0.29, 0.717) is 11.9 Å². The van der Waals surface area contributed by atoms with Crippen LogP contribution in [0.25, 0.3) is 0 Å². The van der Waals surface area contributed by atoms with Crippen molar-refractivity contribution in [3.05, 3.63) is 11.6 Å². The second-order valence-electron chi connectivity index (χ2n) is 3.46. The third-order valence-electron chi connectivity index (χ3n) is 2.27. The van der Waals surface area contributed by atoms with Crippen molar-refractivity contribution in [2.75, 3.05) is 31.6 Å². The normalized spacial score (nSPS) is 16.4. The topological polar surface area (TPSA) is 53.9 Å². The van der Waals surface area contributed by atoms with Crippen LogP contribution >= 0.6 is 11.6 Å². The lowest BCUT2D eigenvalue weighted by Gasteiger charge is -2.31. The molecule has 0 aliphatic carbocycles. The number of nitrogens with zero attached hydrogens (tertiary/aromatic N) is 4. The van der Waals surface area contributed by atoms with Gasteiger partial charge in [0.1, 0.15) is 6.33 Å². The van der Waals surface area contributed by atoms with Crippen LogP contribution in [0.15, 0.2) is 6.33 Å². The lowest BCUT2D eigenvalue weighted by molar-refractivity contribution is 0.351. The summed E-state index contributed by atoms with van der Waals surface area (Å²) in [5.74, 6) is 1.33. The first-order valence-electron chi connectivity index (χ1n) is 4.52. The van der Waals surface area contributed by atoms with Gasteiger partial charge in [-0.1, -0.05) is 0 Å². The molecule has 1 aromatic rings. The summed E-state index contributed by atoms with van der Waals surface area (Å²) in [4.78, 5) is 13.8. The molecular weight excluding hydrogens is 202 g/mol. The third kappa shape index (κ3) is 2.10. The molecule has 76 valence electrons. The minimum Gasteiger partial charge on any atom is -0.343 e. The fraction of sp³-hybridized carbons (Fsp3) is 0.625. The first kappa shape index (κ1) is 9.61. The number of halogens is 1. The summed E-state index contributed by atoms with van der Waals surface area (Å²) in [6.07, 6.45) is 1.43. The number of hydrogen-bond acceptors (Lipinski definition) is 5.